The van der Waals surface area contributed by atoms with Gasteiger partial charge in [-0.25, -0.2) is 13.6 Å². The lowest BCUT2D eigenvalue weighted by molar-refractivity contribution is 0.0999. The van der Waals surface area contributed by atoms with E-state index in [0.29, 0.717) is 17.5 Å². The third kappa shape index (κ3) is 3.23. The number of rotatable bonds is 4. The number of carbonyl (C=O) groups is 1. The largest absolute Gasteiger partial charge is 0.366 e. The van der Waals surface area contributed by atoms with E-state index in [1.807, 2.05) is 30.3 Å². The zero-order valence-electron chi connectivity index (χ0n) is 10.6. The molecule has 0 radical (unpaired) electrons. The third-order valence-corrected chi connectivity index (χ3v) is 3.82. The van der Waals surface area contributed by atoms with Crippen LogP contribution in [0.5, 0.6) is 0 Å². The van der Waals surface area contributed by atoms with Crippen LogP contribution in [0.3, 0.4) is 0 Å². The van der Waals surface area contributed by atoms with Gasteiger partial charge in [0.25, 0.3) is 0 Å². The van der Waals surface area contributed by atoms with Gasteiger partial charge in [-0.3, -0.25) is 4.79 Å². The molecule has 0 aliphatic heterocycles. The molecule has 6 heteroatoms. The summed E-state index contributed by atoms with van der Waals surface area (Å²) >= 11 is 0. The molecule has 0 fully saturated rings. The van der Waals surface area contributed by atoms with Crippen molar-refractivity contribution in [1.82, 2.24) is 0 Å². The molecule has 0 saturated heterocycles. The number of carbonyl (C=O) groups excluding carboxylic acids is 1. The lowest BCUT2D eigenvalue weighted by Gasteiger charge is -2.09. The van der Waals surface area contributed by atoms with E-state index in [9.17, 15) is 13.2 Å². The summed E-state index contributed by atoms with van der Waals surface area (Å²) < 4.78 is 22.8. The van der Waals surface area contributed by atoms with Crippen LogP contribution in [-0.4, -0.2) is 14.3 Å². The molecule has 2 aromatic rings. The highest BCUT2D eigenvalue weighted by atomic mass is 32.2. The van der Waals surface area contributed by atoms with Crippen LogP contribution >= 0.6 is 0 Å². The fraction of sp³-hybridized carbons (Fsp3) is 0.0714. The van der Waals surface area contributed by atoms with Crippen molar-refractivity contribution in [2.24, 2.45) is 10.9 Å². The Bertz CT molecular complexity index is 740. The summed E-state index contributed by atoms with van der Waals surface area (Å²) in [6.45, 7) is 0. The van der Waals surface area contributed by atoms with Crippen molar-refractivity contribution >= 4 is 15.9 Å². The van der Waals surface area contributed by atoms with E-state index in [1.165, 1.54) is 18.2 Å². The summed E-state index contributed by atoms with van der Waals surface area (Å²) in [5.41, 5.74) is 7.08. The van der Waals surface area contributed by atoms with E-state index in [0.717, 1.165) is 5.56 Å². The van der Waals surface area contributed by atoms with Crippen LogP contribution in [0.1, 0.15) is 21.5 Å². The first-order valence-corrected chi connectivity index (χ1v) is 7.42. The van der Waals surface area contributed by atoms with Crippen LogP contribution in [0.4, 0.5) is 0 Å². The molecule has 20 heavy (non-hydrogen) atoms. The molecule has 2 aromatic carbocycles. The number of primary amides is 1. The Labute approximate surface area is 117 Å². The predicted octanol–water partition coefficient (Wildman–Crippen LogP) is 1.02. The normalized spacial score (nSPS) is 11.2. The van der Waals surface area contributed by atoms with Crippen LogP contribution in [-0.2, 0) is 16.4 Å². The van der Waals surface area contributed by atoms with Crippen molar-refractivity contribution in [2.45, 2.75) is 11.3 Å². The number of benzene rings is 2. The summed E-state index contributed by atoms with van der Waals surface area (Å²) in [5, 5.41) is 5.10. The third-order valence-electron chi connectivity index (χ3n) is 2.91. The average Bonchev–Trinajstić information content (AvgIpc) is 2.38. The van der Waals surface area contributed by atoms with E-state index in [2.05, 4.69) is 0 Å². The van der Waals surface area contributed by atoms with E-state index in [1.54, 1.807) is 0 Å². The second kappa shape index (κ2) is 5.44. The molecule has 0 saturated carbocycles. The van der Waals surface area contributed by atoms with Gasteiger partial charge in [0.1, 0.15) is 0 Å². The minimum absolute atomic E-state index is 0.0339. The molecule has 104 valence electrons. The first kappa shape index (κ1) is 14.2. The summed E-state index contributed by atoms with van der Waals surface area (Å²) in [7, 11) is -3.81. The van der Waals surface area contributed by atoms with Crippen molar-refractivity contribution in [1.29, 1.82) is 0 Å². The van der Waals surface area contributed by atoms with Gasteiger partial charge < -0.3 is 5.73 Å². The van der Waals surface area contributed by atoms with E-state index >= 15 is 0 Å². The highest BCUT2D eigenvalue weighted by Gasteiger charge is 2.14. The topological polar surface area (TPSA) is 103 Å². The van der Waals surface area contributed by atoms with Gasteiger partial charge in [0.05, 0.1) is 4.90 Å². The molecule has 0 atom stereocenters. The maximum atomic E-state index is 11.4. The fourth-order valence-corrected chi connectivity index (χ4v) is 2.51. The summed E-state index contributed by atoms with van der Waals surface area (Å²) in [4.78, 5) is 11.4. The zero-order chi connectivity index (χ0) is 14.8. The molecular formula is C14H14N2O3S. The molecule has 0 aliphatic rings. The van der Waals surface area contributed by atoms with Crippen molar-refractivity contribution in [3.05, 3.63) is 65.2 Å². The number of nitrogens with two attached hydrogens (primary N) is 2. The number of amides is 1. The van der Waals surface area contributed by atoms with Crippen molar-refractivity contribution in [3.8, 4) is 0 Å². The molecule has 4 N–H and O–H groups in total. The molecule has 0 aliphatic carbocycles. The predicted molar refractivity (Wildman–Crippen MR) is 75.6 cm³/mol. The molecule has 1 amide bonds. The standard InChI is InChI=1S/C14H14N2O3S/c15-14(17)13-7-6-12(20(16,18)19)9-11(13)8-10-4-2-1-3-5-10/h1-7,9H,8H2,(H2,15,17)(H2,16,18,19). The monoisotopic (exact) mass is 290 g/mol. The van der Waals surface area contributed by atoms with E-state index in [4.69, 9.17) is 10.9 Å². The average molecular weight is 290 g/mol. The number of hydrogen-bond acceptors (Lipinski definition) is 3. The molecular weight excluding hydrogens is 276 g/mol. The van der Waals surface area contributed by atoms with Crippen molar-refractivity contribution in [3.63, 3.8) is 0 Å². The molecule has 0 aromatic heterocycles. The van der Waals surface area contributed by atoms with Gasteiger partial charge in [-0.15, -0.1) is 0 Å². The molecule has 0 heterocycles. The Morgan fingerprint density at radius 2 is 1.70 bits per heavy atom. The Balaban J connectivity index is 2.50. The lowest BCUT2D eigenvalue weighted by atomic mass is 9.99. The fourth-order valence-electron chi connectivity index (χ4n) is 1.95. The van der Waals surface area contributed by atoms with Crippen LogP contribution < -0.4 is 10.9 Å². The van der Waals surface area contributed by atoms with Crippen molar-refractivity contribution in [2.75, 3.05) is 0 Å². The van der Waals surface area contributed by atoms with Gasteiger partial charge in [0, 0.05) is 5.56 Å². The second-order valence-electron chi connectivity index (χ2n) is 4.39. The highest BCUT2D eigenvalue weighted by Crippen LogP contribution is 2.18. The summed E-state index contributed by atoms with van der Waals surface area (Å²) in [6.07, 6.45) is 0.405. The Kier molecular flexibility index (Phi) is 3.87. The number of primary sulfonamides is 1. The summed E-state index contributed by atoms with van der Waals surface area (Å²) in [5.74, 6) is -0.600. The van der Waals surface area contributed by atoms with Crippen LogP contribution in [0.15, 0.2) is 53.4 Å². The van der Waals surface area contributed by atoms with Crippen LogP contribution in [0.2, 0.25) is 0 Å². The Morgan fingerprint density at radius 3 is 2.25 bits per heavy atom. The van der Waals surface area contributed by atoms with Gasteiger partial charge in [-0.1, -0.05) is 30.3 Å². The quantitative estimate of drug-likeness (QED) is 0.878. The summed E-state index contributed by atoms with van der Waals surface area (Å²) in [6, 6.07) is 13.4. The van der Waals surface area contributed by atoms with Gasteiger partial charge >= 0.3 is 0 Å². The Hall–Kier alpha value is -2.18. The van der Waals surface area contributed by atoms with Gasteiger partial charge in [-0.05, 0) is 35.7 Å². The number of hydrogen-bond donors (Lipinski definition) is 2. The first-order valence-electron chi connectivity index (χ1n) is 5.87. The molecule has 0 bridgehead atoms. The first-order chi connectivity index (χ1) is 9.38. The smallest absolute Gasteiger partial charge is 0.248 e. The van der Waals surface area contributed by atoms with E-state index < -0.39 is 15.9 Å². The van der Waals surface area contributed by atoms with Gasteiger partial charge in [0.2, 0.25) is 15.9 Å². The van der Waals surface area contributed by atoms with Crippen molar-refractivity contribution < 1.29 is 13.2 Å². The zero-order valence-corrected chi connectivity index (χ0v) is 11.4. The van der Waals surface area contributed by atoms with Crippen LogP contribution in [0.25, 0.3) is 0 Å². The maximum Gasteiger partial charge on any atom is 0.248 e. The minimum Gasteiger partial charge on any atom is -0.366 e. The minimum atomic E-state index is -3.81. The van der Waals surface area contributed by atoms with Gasteiger partial charge in [-0.2, -0.15) is 0 Å². The van der Waals surface area contributed by atoms with Crippen LogP contribution in [0, 0.1) is 0 Å². The number of sulfonamides is 1. The highest BCUT2D eigenvalue weighted by molar-refractivity contribution is 7.89. The second-order valence-corrected chi connectivity index (χ2v) is 5.95. The van der Waals surface area contributed by atoms with Gasteiger partial charge in [0.15, 0.2) is 0 Å². The molecule has 5 nitrogen and oxygen atoms in total. The molecule has 0 unspecified atom stereocenters. The molecule has 0 spiro atoms. The lowest BCUT2D eigenvalue weighted by Crippen LogP contribution is -2.17. The molecule has 2 rings (SSSR count). The Morgan fingerprint density at radius 1 is 1.05 bits per heavy atom. The SMILES string of the molecule is NC(=O)c1ccc(S(N)(=O)=O)cc1Cc1ccccc1. The maximum absolute atomic E-state index is 11.4. The van der Waals surface area contributed by atoms with E-state index in [-0.39, 0.29) is 4.90 Å².